The lowest BCUT2D eigenvalue weighted by Gasteiger charge is -2.43. The van der Waals surface area contributed by atoms with E-state index in [9.17, 15) is 9.59 Å². The van der Waals surface area contributed by atoms with Gasteiger partial charge in [0.1, 0.15) is 29.5 Å². The lowest BCUT2D eigenvalue weighted by molar-refractivity contribution is -0.167. The SMILES string of the molecule is COc1cccc(OCC(=O)N2CCO[C@](COc3ccc(Cl)c(C)c3)(CC(=O)N3CCN(C)CC3)C2)c1. The highest BCUT2D eigenvalue weighted by atomic mass is 35.5. The number of ether oxygens (including phenoxy) is 4. The second-order valence-corrected chi connectivity index (χ2v) is 10.3. The zero-order valence-electron chi connectivity index (χ0n) is 22.3. The first-order valence-corrected chi connectivity index (χ1v) is 13.2. The number of likely N-dealkylation sites (N-methyl/N-ethyl adjacent to an activating group) is 1. The molecule has 2 aliphatic rings. The van der Waals surface area contributed by atoms with Crippen molar-refractivity contribution >= 4 is 23.4 Å². The lowest BCUT2D eigenvalue weighted by atomic mass is 9.96. The quantitative estimate of drug-likeness (QED) is 0.479. The third-order valence-electron chi connectivity index (χ3n) is 6.97. The van der Waals surface area contributed by atoms with Crippen LogP contribution in [0.2, 0.25) is 5.02 Å². The number of carbonyl (C=O) groups excluding carboxylic acids is 2. The number of amides is 2. The van der Waals surface area contributed by atoms with Crippen molar-refractivity contribution in [3.8, 4) is 17.2 Å². The molecule has 38 heavy (non-hydrogen) atoms. The van der Waals surface area contributed by atoms with Gasteiger partial charge < -0.3 is 33.6 Å². The van der Waals surface area contributed by atoms with Crippen molar-refractivity contribution in [1.29, 1.82) is 0 Å². The summed E-state index contributed by atoms with van der Waals surface area (Å²) in [4.78, 5) is 32.3. The summed E-state index contributed by atoms with van der Waals surface area (Å²) in [5.74, 6) is 1.64. The number of aryl methyl sites for hydroxylation is 1. The third-order valence-corrected chi connectivity index (χ3v) is 7.39. The fraction of sp³-hybridized carbons (Fsp3) is 0.500. The molecule has 206 valence electrons. The Balaban J connectivity index is 1.45. The molecule has 2 saturated heterocycles. The summed E-state index contributed by atoms with van der Waals surface area (Å²) in [5.41, 5.74) is -0.0968. The Morgan fingerprint density at radius 1 is 0.947 bits per heavy atom. The molecular weight excluding hydrogens is 510 g/mol. The molecule has 0 saturated carbocycles. The molecule has 0 aliphatic carbocycles. The molecule has 0 unspecified atom stereocenters. The van der Waals surface area contributed by atoms with Crippen LogP contribution in [0.25, 0.3) is 0 Å². The van der Waals surface area contributed by atoms with Crippen LogP contribution in [0.3, 0.4) is 0 Å². The fourth-order valence-electron chi connectivity index (χ4n) is 4.60. The van der Waals surface area contributed by atoms with Gasteiger partial charge >= 0.3 is 0 Å². The zero-order valence-corrected chi connectivity index (χ0v) is 23.0. The van der Waals surface area contributed by atoms with Gasteiger partial charge in [-0.05, 0) is 49.9 Å². The van der Waals surface area contributed by atoms with Gasteiger partial charge in [0.05, 0.1) is 26.7 Å². The molecule has 0 radical (unpaired) electrons. The minimum atomic E-state index is -0.988. The summed E-state index contributed by atoms with van der Waals surface area (Å²) in [5, 5.41) is 0.652. The van der Waals surface area contributed by atoms with Gasteiger partial charge in [-0.25, -0.2) is 0 Å². The lowest BCUT2D eigenvalue weighted by Crippen LogP contribution is -2.59. The summed E-state index contributed by atoms with van der Waals surface area (Å²) in [7, 11) is 3.63. The summed E-state index contributed by atoms with van der Waals surface area (Å²) < 4.78 is 23.3. The van der Waals surface area contributed by atoms with E-state index >= 15 is 0 Å². The molecule has 2 amide bonds. The number of benzene rings is 2. The molecular formula is C28H36ClN3O6. The molecule has 1 atom stereocenters. The third kappa shape index (κ3) is 7.30. The molecule has 0 bridgehead atoms. The monoisotopic (exact) mass is 545 g/mol. The Labute approximate surface area is 229 Å². The predicted molar refractivity (Wildman–Crippen MR) is 144 cm³/mol. The standard InChI is InChI=1S/C28H36ClN3O6/c1-21-15-24(7-8-25(21)29)37-20-28(17-26(33)31-11-9-30(2)10-12-31)19-32(13-14-38-28)27(34)18-36-23-6-4-5-22(16-23)35-3/h4-8,15-16H,9-14,17-20H2,1-3H3/t28-/m1/s1. The number of carbonyl (C=O) groups is 2. The summed E-state index contributed by atoms with van der Waals surface area (Å²) in [6, 6.07) is 12.5. The number of piperazine rings is 1. The summed E-state index contributed by atoms with van der Waals surface area (Å²) >= 11 is 6.17. The number of morpholine rings is 1. The fourth-order valence-corrected chi connectivity index (χ4v) is 4.71. The van der Waals surface area contributed by atoms with E-state index in [2.05, 4.69) is 4.90 Å². The average molecular weight is 546 g/mol. The van der Waals surface area contributed by atoms with Crippen LogP contribution >= 0.6 is 11.6 Å². The number of methoxy groups -OCH3 is 1. The minimum Gasteiger partial charge on any atom is -0.497 e. The molecule has 0 spiro atoms. The first kappa shape index (κ1) is 28.0. The van der Waals surface area contributed by atoms with Gasteiger partial charge in [-0.1, -0.05) is 17.7 Å². The van der Waals surface area contributed by atoms with E-state index in [1.807, 2.05) is 31.0 Å². The van der Waals surface area contributed by atoms with Gasteiger partial charge in [-0.2, -0.15) is 0 Å². The normalized spacial score (nSPS) is 20.2. The molecule has 2 aliphatic heterocycles. The van der Waals surface area contributed by atoms with E-state index < -0.39 is 5.60 Å². The topological polar surface area (TPSA) is 80.8 Å². The Morgan fingerprint density at radius 2 is 1.68 bits per heavy atom. The minimum absolute atomic E-state index is 0.00378. The number of hydrogen-bond donors (Lipinski definition) is 0. The van der Waals surface area contributed by atoms with Crippen LogP contribution in [0.15, 0.2) is 42.5 Å². The highest BCUT2D eigenvalue weighted by Gasteiger charge is 2.42. The summed E-state index contributed by atoms with van der Waals surface area (Å²) in [6.07, 6.45) is 0.115. The largest absolute Gasteiger partial charge is 0.497 e. The predicted octanol–water partition coefficient (Wildman–Crippen LogP) is 2.88. The van der Waals surface area contributed by atoms with Crippen molar-refractivity contribution in [2.75, 3.05) is 73.2 Å². The van der Waals surface area contributed by atoms with E-state index in [4.69, 9.17) is 30.5 Å². The molecule has 10 heteroatoms. The van der Waals surface area contributed by atoms with Gasteiger partial charge in [-0.3, -0.25) is 9.59 Å². The molecule has 0 N–H and O–H groups in total. The van der Waals surface area contributed by atoms with Crippen molar-refractivity contribution in [3.63, 3.8) is 0 Å². The number of halogens is 1. The Kier molecular flexibility index (Phi) is 9.35. The van der Waals surface area contributed by atoms with Crippen molar-refractivity contribution in [1.82, 2.24) is 14.7 Å². The molecule has 4 rings (SSSR count). The van der Waals surface area contributed by atoms with Crippen LogP contribution in [-0.2, 0) is 14.3 Å². The molecule has 2 heterocycles. The van der Waals surface area contributed by atoms with Crippen molar-refractivity contribution < 1.29 is 28.5 Å². The van der Waals surface area contributed by atoms with E-state index in [-0.39, 0.29) is 38.0 Å². The van der Waals surface area contributed by atoms with Gasteiger partial charge in [0.15, 0.2) is 6.61 Å². The van der Waals surface area contributed by atoms with Crippen molar-refractivity contribution in [2.45, 2.75) is 18.9 Å². The molecule has 2 fully saturated rings. The molecule has 2 aromatic carbocycles. The van der Waals surface area contributed by atoms with Gasteiger partial charge in [-0.15, -0.1) is 0 Å². The smallest absolute Gasteiger partial charge is 0.260 e. The van der Waals surface area contributed by atoms with E-state index in [0.717, 1.165) is 18.7 Å². The number of rotatable bonds is 9. The van der Waals surface area contributed by atoms with Crippen molar-refractivity contribution in [2.24, 2.45) is 0 Å². The van der Waals surface area contributed by atoms with Crippen LogP contribution in [0.5, 0.6) is 17.2 Å². The maximum atomic E-state index is 13.4. The number of hydrogen-bond acceptors (Lipinski definition) is 7. The Hall–Kier alpha value is -3.01. The molecule has 0 aromatic heterocycles. The number of nitrogens with zero attached hydrogens (tertiary/aromatic N) is 3. The second kappa shape index (κ2) is 12.7. The maximum Gasteiger partial charge on any atom is 0.260 e. The molecule has 2 aromatic rings. The highest BCUT2D eigenvalue weighted by Crippen LogP contribution is 2.28. The van der Waals surface area contributed by atoms with Crippen molar-refractivity contribution in [3.05, 3.63) is 53.1 Å². The Morgan fingerprint density at radius 3 is 2.42 bits per heavy atom. The maximum absolute atomic E-state index is 13.4. The zero-order chi connectivity index (χ0) is 27.1. The van der Waals surface area contributed by atoms with E-state index in [1.165, 1.54) is 0 Å². The van der Waals surface area contributed by atoms with Gasteiger partial charge in [0.25, 0.3) is 5.91 Å². The van der Waals surface area contributed by atoms with E-state index in [1.54, 1.807) is 42.3 Å². The molecule has 9 nitrogen and oxygen atoms in total. The van der Waals surface area contributed by atoms with Gasteiger partial charge in [0.2, 0.25) is 5.91 Å². The first-order chi connectivity index (χ1) is 18.3. The van der Waals surface area contributed by atoms with Crippen LogP contribution in [-0.4, -0.2) is 105 Å². The van der Waals surface area contributed by atoms with Crippen LogP contribution in [0.1, 0.15) is 12.0 Å². The second-order valence-electron chi connectivity index (χ2n) is 9.87. The van der Waals surface area contributed by atoms with Crippen LogP contribution in [0, 0.1) is 6.92 Å². The van der Waals surface area contributed by atoms with Crippen LogP contribution < -0.4 is 14.2 Å². The van der Waals surface area contributed by atoms with Crippen LogP contribution in [0.4, 0.5) is 0 Å². The van der Waals surface area contributed by atoms with Gasteiger partial charge in [0, 0.05) is 43.8 Å². The average Bonchev–Trinajstić information content (AvgIpc) is 2.93. The Bertz CT molecular complexity index is 1120. The first-order valence-electron chi connectivity index (χ1n) is 12.8. The van der Waals surface area contributed by atoms with E-state index in [0.29, 0.717) is 48.5 Å². The highest BCUT2D eigenvalue weighted by molar-refractivity contribution is 6.31. The summed E-state index contributed by atoms with van der Waals surface area (Å²) in [6.45, 7) is 5.80.